The van der Waals surface area contributed by atoms with Gasteiger partial charge in [0.25, 0.3) is 5.91 Å². The van der Waals surface area contributed by atoms with Gasteiger partial charge in [-0.25, -0.2) is 0 Å². The van der Waals surface area contributed by atoms with Gasteiger partial charge in [0.2, 0.25) is 5.91 Å². The van der Waals surface area contributed by atoms with Crippen LogP contribution in [0.5, 0.6) is 0 Å². The Morgan fingerprint density at radius 2 is 1.72 bits per heavy atom. The quantitative estimate of drug-likeness (QED) is 0.861. The van der Waals surface area contributed by atoms with Gasteiger partial charge in [-0.2, -0.15) is 0 Å². The predicted molar refractivity (Wildman–Crippen MR) is 71.3 cm³/mol. The van der Waals surface area contributed by atoms with Crippen LogP contribution >= 0.6 is 0 Å². The molecule has 18 heavy (non-hydrogen) atoms. The van der Waals surface area contributed by atoms with Crippen molar-refractivity contribution in [2.75, 3.05) is 13.1 Å². The lowest BCUT2D eigenvalue weighted by Gasteiger charge is -2.23. The Balaban J connectivity index is 2.62. The van der Waals surface area contributed by atoms with Crippen LogP contribution in [0, 0.1) is 0 Å². The summed E-state index contributed by atoms with van der Waals surface area (Å²) >= 11 is 0. The molecule has 4 nitrogen and oxygen atoms in total. The predicted octanol–water partition coefficient (Wildman–Crippen LogP) is 1.67. The molecule has 1 aromatic carbocycles. The SMILES string of the molecule is CCN(CC)C(=O)[C@@H](C)NC(=O)c1ccccc1. The zero-order valence-corrected chi connectivity index (χ0v) is 11.1. The van der Waals surface area contributed by atoms with E-state index in [1.54, 1.807) is 36.1 Å². The third-order valence-corrected chi connectivity index (χ3v) is 2.83. The summed E-state index contributed by atoms with van der Waals surface area (Å²) in [6.45, 7) is 6.86. The van der Waals surface area contributed by atoms with Crippen molar-refractivity contribution in [3.05, 3.63) is 35.9 Å². The van der Waals surface area contributed by atoms with Crippen LogP contribution in [0.4, 0.5) is 0 Å². The van der Waals surface area contributed by atoms with E-state index in [0.717, 1.165) is 0 Å². The van der Waals surface area contributed by atoms with Gasteiger partial charge in [-0.1, -0.05) is 18.2 Å². The number of amides is 2. The third kappa shape index (κ3) is 3.58. The molecule has 98 valence electrons. The van der Waals surface area contributed by atoms with Crippen molar-refractivity contribution in [3.63, 3.8) is 0 Å². The molecule has 0 saturated carbocycles. The van der Waals surface area contributed by atoms with Crippen LogP contribution in [0.2, 0.25) is 0 Å². The summed E-state index contributed by atoms with van der Waals surface area (Å²) in [5, 5.41) is 2.71. The first-order chi connectivity index (χ1) is 8.60. The topological polar surface area (TPSA) is 49.4 Å². The summed E-state index contributed by atoms with van der Waals surface area (Å²) in [6, 6.07) is 8.39. The monoisotopic (exact) mass is 248 g/mol. The van der Waals surface area contributed by atoms with Gasteiger partial charge in [-0.05, 0) is 32.9 Å². The van der Waals surface area contributed by atoms with Crippen molar-refractivity contribution in [3.8, 4) is 0 Å². The zero-order valence-electron chi connectivity index (χ0n) is 11.1. The molecular weight excluding hydrogens is 228 g/mol. The minimum atomic E-state index is -0.502. The summed E-state index contributed by atoms with van der Waals surface area (Å²) in [4.78, 5) is 25.6. The number of benzene rings is 1. The number of likely N-dealkylation sites (N-methyl/N-ethyl adjacent to an activating group) is 1. The van der Waals surface area contributed by atoms with Gasteiger partial charge in [-0.3, -0.25) is 9.59 Å². The molecule has 1 aromatic rings. The lowest BCUT2D eigenvalue weighted by atomic mass is 10.2. The molecule has 0 aliphatic rings. The Hall–Kier alpha value is -1.84. The maximum absolute atomic E-state index is 12.0. The summed E-state index contributed by atoms with van der Waals surface area (Å²) < 4.78 is 0. The number of rotatable bonds is 5. The van der Waals surface area contributed by atoms with Gasteiger partial charge in [0.1, 0.15) is 6.04 Å². The molecule has 0 aliphatic carbocycles. The number of nitrogens with zero attached hydrogens (tertiary/aromatic N) is 1. The number of nitrogens with one attached hydrogen (secondary N) is 1. The second kappa shape index (κ2) is 6.79. The minimum Gasteiger partial charge on any atom is -0.341 e. The highest BCUT2D eigenvalue weighted by atomic mass is 16.2. The maximum Gasteiger partial charge on any atom is 0.251 e. The molecule has 4 heteroatoms. The van der Waals surface area contributed by atoms with E-state index >= 15 is 0 Å². The molecule has 0 fully saturated rings. The van der Waals surface area contributed by atoms with Crippen LogP contribution in [0.3, 0.4) is 0 Å². The Kier molecular flexibility index (Phi) is 5.36. The molecule has 0 unspecified atom stereocenters. The highest BCUT2D eigenvalue weighted by Gasteiger charge is 2.20. The lowest BCUT2D eigenvalue weighted by molar-refractivity contribution is -0.132. The second-order valence-corrected chi connectivity index (χ2v) is 4.07. The molecule has 1 N–H and O–H groups in total. The first-order valence-electron chi connectivity index (χ1n) is 6.24. The molecule has 0 spiro atoms. The number of carbonyl (C=O) groups is 2. The zero-order chi connectivity index (χ0) is 13.5. The fourth-order valence-corrected chi connectivity index (χ4v) is 1.74. The van der Waals surface area contributed by atoms with Crippen LogP contribution in [-0.2, 0) is 4.79 Å². The Bertz CT molecular complexity index is 400. The van der Waals surface area contributed by atoms with Gasteiger partial charge in [0, 0.05) is 18.7 Å². The van der Waals surface area contributed by atoms with Crippen LogP contribution in [0.25, 0.3) is 0 Å². The van der Waals surface area contributed by atoms with Crippen LogP contribution < -0.4 is 5.32 Å². The van der Waals surface area contributed by atoms with Crippen molar-refractivity contribution >= 4 is 11.8 Å². The fraction of sp³-hybridized carbons (Fsp3) is 0.429. The molecule has 0 saturated heterocycles. The number of carbonyl (C=O) groups excluding carboxylic acids is 2. The Morgan fingerprint density at radius 1 is 1.17 bits per heavy atom. The Labute approximate surface area is 108 Å². The molecule has 1 rings (SSSR count). The fourth-order valence-electron chi connectivity index (χ4n) is 1.74. The van der Waals surface area contributed by atoms with E-state index in [1.807, 2.05) is 19.9 Å². The van der Waals surface area contributed by atoms with E-state index in [1.165, 1.54) is 0 Å². The van der Waals surface area contributed by atoms with Crippen molar-refractivity contribution in [2.45, 2.75) is 26.8 Å². The van der Waals surface area contributed by atoms with E-state index < -0.39 is 6.04 Å². The Morgan fingerprint density at radius 3 is 2.22 bits per heavy atom. The van der Waals surface area contributed by atoms with Crippen molar-refractivity contribution in [1.29, 1.82) is 0 Å². The molecule has 1 atom stereocenters. The molecule has 0 heterocycles. The first-order valence-corrected chi connectivity index (χ1v) is 6.24. The van der Waals surface area contributed by atoms with Crippen molar-refractivity contribution < 1.29 is 9.59 Å². The molecule has 0 aliphatic heterocycles. The summed E-state index contributed by atoms with van der Waals surface area (Å²) in [5.74, 6) is -0.270. The van der Waals surface area contributed by atoms with Gasteiger partial charge < -0.3 is 10.2 Å². The highest BCUT2D eigenvalue weighted by molar-refractivity contribution is 5.97. The minimum absolute atomic E-state index is 0.0516. The third-order valence-electron chi connectivity index (χ3n) is 2.83. The summed E-state index contributed by atoms with van der Waals surface area (Å²) in [7, 11) is 0. The normalized spacial score (nSPS) is 11.7. The van der Waals surface area contributed by atoms with Crippen LogP contribution in [0.15, 0.2) is 30.3 Å². The molecule has 0 radical (unpaired) electrons. The highest BCUT2D eigenvalue weighted by Crippen LogP contribution is 2.00. The molecule has 0 bridgehead atoms. The first kappa shape index (κ1) is 14.2. The molecule has 2 amide bonds. The molecule has 0 aromatic heterocycles. The number of hydrogen-bond donors (Lipinski definition) is 1. The van der Waals surface area contributed by atoms with Gasteiger partial charge in [-0.15, -0.1) is 0 Å². The average Bonchev–Trinajstić information content (AvgIpc) is 2.40. The summed E-state index contributed by atoms with van der Waals surface area (Å²) in [6.07, 6.45) is 0. The smallest absolute Gasteiger partial charge is 0.251 e. The van der Waals surface area contributed by atoms with Crippen LogP contribution in [-0.4, -0.2) is 35.8 Å². The van der Waals surface area contributed by atoms with E-state index in [0.29, 0.717) is 18.7 Å². The van der Waals surface area contributed by atoms with E-state index in [4.69, 9.17) is 0 Å². The van der Waals surface area contributed by atoms with Crippen molar-refractivity contribution in [2.24, 2.45) is 0 Å². The van der Waals surface area contributed by atoms with Gasteiger partial charge in [0.05, 0.1) is 0 Å². The lowest BCUT2D eigenvalue weighted by Crippen LogP contribution is -2.46. The van der Waals surface area contributed by atoms with Gasteiger partial charge in [0.15, 0.2) is 0 Å². The maximum atomic E-state index is 12.0. The standard InChI is InChI=1S/C14H20N2O2/c1-4-16(5-2)14(18)11(3)15-13(17)12-9-7-6-8-10-12/h6-11H,4-5H2,1-3H3,(H,15,17)/t11-/m1/s1. The average molecular weight is 248 g/mol. The van der Waals surface area contributed by atoms with E-state index in [-0.39, 0.29) is 11.8 Å². The largest absolute Gasteiger partial charge is 0.341 e. The van der Waals surface area contributed by atoms with Crippen molar-refractivity contribution in [1.82, 2.24) is 10.2 Å². The molecular formula is C14H20N2O2. The second-order valence-electron chi connectivity index (χ2n) is 4.07. The summed E-state index contributed by atoms with van der Waals surface area (Å²) in [5.41, 5.74) is 0.566. The van der Waals surface area contributed by atoms with Crippen LogP contribution in [0.1, 0.15) is 31.1 Å². The van der Waals surface area contributed by atoms with E-state index in [2.05, 4.69) is 5.32 Å². The number of hydrogen-bond acceptors (Lipinski definition) is 2. The van der Waals surface area contributed by atoms with Gasteiger partial charge >= 0.3 is 0 Å². The van der Waals surface area contributed by atoms with E-state index in [9.17, 15) is 9.59 Å².